The molecule has 0 saturated heterocycles. The Morgan fingerprint density at radius 1 is 0.929 bits per heavy atom. The number of hydrogen-bond acceptors (Lipinski definition) is 6. The monoisotopic (exact) mass is 386 g/mol. The van der Waals surface area contributed by atoms with Crippen LogP contribution in [0.5, 0.6) is 5.75 Å². The maximum absolute atomic E-state index is 12.4. The molecule has 28 heavy (non-hydrogen) atoms. The molecule has 0 saturated carbocycles. The average molecular weight is 386 g/mol. The van der Waals surface area contributed by atoms with Crippen LogP contribution in [0.2, 0.25) is 0 Å². The summed E-state index contributed by atoms with van der Waals surface area (Å²) < 4.78 is 14.9. The quantitative estimate of drug-likeness (QED) is 0.642. The second-order valence-electron chi connectivity index (χ2n) is 5.58. The molecule has 0 spiro atoms. The minimum absolute atomic E-state index is 0.195. The molecule has 8 heteroatoms. The Balaban J connectivity index is 1.87. The fourth-order valence-electron chi connectivity index (χ4n) is 2.22. The van der Waals surface area contributed by atoms with E-state index in [1.54, 1.807) is 55.5 Å². The van der Waals surface area contributed by atoms with Gasteiger partial charge in [-0.2, -0.15) is 0 Å². The minimum atomic E-state index is -0.611. The summed E-state index contributed by atoms with van der Waals surface area (Å²) in [5.41, 5.74) is 1.44. The van der Waals surface area contributed by atoms with Crippen LogP contribution in [0.25, 0.3) is 0 Å². The summed E-state index contributed by atoms with van der Waals surface area (Å²) in [6, 6.07) is 13.4. The van der Waals surface area contributed by atoms with Crippen molar-refractivity contribution in [3.63, 3.8) is 0 Å². The Morgan fingerprint density at radius 3 is 2.32 bits per heavy atom. The standard InChI is InChI=1S/C20H22N2O6/c1-3-27-13-19(24)28-12-18(23)21-15-10-8-14(9-11-15)20(25)22-16-6-4-5-7-17(16)26-2/h4-11H,3,12-13H2,1-2H3,(H,21,23)(H,22,25). The Hall–Kier alpha value is -3.39. The number of para-hydroxylation sites is 2. The lowest BCUT2D eigenvalue weighted by atomic mass is 10.2. The fraction of sp³-hybridized carbons (Fsp3) is 0.250. The zero-order chi connectivity index (χ0) is 20.4. The van der Waals surface area contributed by atoms with Crippen LogP contribution < -0.4 is 15.4 Å². The molecule has 0 unspecified atom stereocenters. The van der Waals surface area contributed by atoms with Crippen LogP contribution in [0, 0.1) is 0 Å². The van der Waals surface area contributed by atoms with Gasteiger partial charge in [-0.15, -0.1) is 0 Å². The third-order valence-electron chi connectivity index (χ3n) is 3.57. The Labute approximate surface area is 162 Å². The second kappa shape index (κ2) is 10.7. The molecule has 2 rings (SSSR count). The first-order valence-electron chi connectivity index (χ1n) is 8.61. The minimum Gasteiger partial charge on any atom is -0.495 e. The Bertz CT molecular complexity index is 820. The first kappa shape index (κ1) is 20.9. The molecule has 148 valence electrons. The first-order chi connectivity index (χ1) is 13.5. The SMILES string of the molecule is CCOCC(=O)OCC(=O)Nc1ccc(C(=O)Nc2ccccc2OC)cc1. The van der Waals surface area contributed by atoms with E-state index in [9.17, 15) is 14.4 Å². The molecule has 0 radical (unpaired) electrons. The highest BCUT2D eigenvalue weighted by molar-refractivity contribution is 6.05. The molecule has 0 heterocycles. The first-order valence-corrected chi connectivity index (χ1v) is 8.61. The van der Waals surface area contributed by atoms with Crippen LogP contribution in [-0.2, 0) is 19.1 Å². The van der Waals surface area contributed by atoms with E-state index in [0.717, 1.165) is 0 Å². The van der Waals surface area contributed by atoms with Crippen molar-refractivity contribution in [1.82, 2.24) is 0 Å². The summed E-state index contributed by atoms with van der Waals surface area (Å²) in [7, 11) is 1.52. The molecule has 0 bridgehead atoms. The number of anilines is 2. The molecule has 8 nitrogen and oxygen atoms in total. The smallest absolute Gasteiger partial charge is 0.332 e. The van der Waals surface area contributed by atoms with Crippen LogP contribution in [-0.4, -0.2) is 44.7 Å². The lowest BCUT2D eigenvalue weighted by Crippen LogP contribution is -2.23. The van der Waals surface area contributed by atoms with E-state index in [0.29, 0.717) is 29.3 Å². The third kappa shape index (κ3) is 6.40. The Morgan fingerprint density at radius 2 is 1.64 bits per heavy atom. The van der Waals surface area contributed by atoms with Crippen molar-refractivity contribution in [3.8, 4) is 5.75 Å². The summed E-state index contributed by atoms with van der Waals surface area (Å²) in [5, 5.41) is 5.35. The zero-order valence-corrected chi connectivity index (χ0v) is 15.7. The summed E-state index contributed by atoms with van der Waals surface area (Å²) in [6.07, 6.45) is 0. The van der Waals surface area contributed by atoms with E-state index in [4.69, 9.17) is 14.2 Å². The number of benzene rings is 2. The third-order valence-corrected chi connectivity index (χ3v) is 3.57. The maximum atomic E-state index is 12.4. The van der Waals surface area contributed by atoms with E-state index in [1.165, 1.54) is 7.11 Å². The largest absolute Gasteiger partial charge is 0.495 e. The van der Waals surface area contributed by atoms with Gasteiger partial charge in [-0.1, -0.05) is 12.1 Å². The molecule has 2 aromatic rings. The van der Waals surface area contributed by atoms with Gasteiger partial charge in [0.25, 0.3) is 11.8 Å². The molecule has 0 aliphatic heterocycles. The molecule has 0 fully saturated rings. The van der Waals surface area contributed by atoms with Crippen molar-refractivity contribution >= 4 is 29.2 Å². The van der Waals surface area contributed by atoms with Gasteiger partial charge in [0, 0.05) is 17.9 Å². The van der Waals surface area contributed by atoms with Crippen molar-refractivity contribution in [2.24, 2.45) is 0 Å². The number of carbonyl (C=O) groups is 3. The zero-order valence-electron chi connectivity index (χ0n) is 15.7. The number of ether oxygens (including phenoxy) is 3. The number of amides is 2. The molecular formula is C20H22N2O6. The number of hydrogen-bond donors (Lipinski definition) is 2. The highest BCUT2D eigenvalue weighted by atomic mass is 16.6. The van der Waals surface area contributed by atoms with Crippen molar-refractivity contribution in [3.05, 3.63) is 54.1 Å². The summed E-state index contributed by atoms with van der Waals surface area (Å²) in [5.74, 6) is -0.859. The van der Waals surface area contributed by atoms with Crippen molar-refractivity contribution in [2.75, 3.05) is 37.6 Å². The second-order valence-corrected chi connectivity index (χ2v) is 5.58. The van der Waals surface area contributed by atoms with Gasteiger partial charge in [0.1, 0.15) is 12.4 Å². The summed E-state index contributed by atoms with van der Waals surface area (Å²) in [4.78, 5) is 35.4. The molecule has 0 aromatic heterocycles. The van der Waals surface area contributed by atoms with E-state index < -0.39 is 18.5 Å². The van der Waals surface area contributed by atoms with Crippen LogP contribution in [0.4, 0.5) is 11.4 Å². The van der Waals surface area contributed by atoms with Gasteiger partial charge in [0.15, 0.2) is 6.61 Å². The predicted octanol–water partition coefficient (Wildman–Crippen LogP) is 2.47. The lowest BCUT2D eigenvalue weighted by molar-refractivity contribution is -0.151. The van der Waals surface area contributed by atoms with Gasteiger partial charge < -0.3 is 24.8 Å². The molecule has 0 atom stereocenters. The number of methoxy groups -OCH3 is 1. The normalized spacial score (nSPS) is 10.1. The number of nitrogens with one attached hydrogen (secondary N) is 2. The molecule has 2 aromatic carbocycles. The maximum Gasteiger partial charge on any atom is 0.332 e. The van der Waals surface area contributed by atoms with Gasteiger partial charge in [0.05, 0.1) is 12.8 Å². The molecule has 2 amide bonds. The van der Waals surface area contributed by atoms with Gasteiger partial charge in [-0.25, -0.2) is 4.79 Å². The van der Waals surface area contributed by atoms with E-state index in [-0.39, 0.29) is 12.5 Å². The summed E-state index contributed by atoms with van der Waals surface area (Å²) in [6.45, 7) is 1.53. The van der Waals surface area contributed by atoms with Crippen LogP contribution in [0.3, 0.4) is 0 Å². The van der Waals surface area contributed by atoms with Gasteiger partial charge in [-0.3, -0.25) is 9.59 Å². The van der Waals surface area contributed by atoms with E-state index >= 15 is 0 Å². The number of carbonyl (C=O) groups excluding carboxylic acids is 3. The number of esters is 1. The predicted molar refractivity (Wildman–Crippen MR) is 103 cm³/mol. The van der Waals surface area contributed by atoms with Gasteiger partial charge >= 0.3 is 5.97 Å². The topological polar surface area (TPSA) is 103 Å². The average Bonchev–Trinajstić information content (AvgIpc) is 2.71. The fourth-order valence-corrected chi connectivity index (χ4v) is 2.22. The van der Waals surface area contributed by atoms with Crippen LogP contribution in [0.1, 0.15) is 17.3 Å². The van der Waals surface area contributed by atoms with Crippen molar-refractivity contribution in [1.29, 1.82) is 0 Å². The van der Waals surface area contributed by atoms with E-state index in [2.05, 4.69) is 10.6 Å². The molecule has 2 N–H and O–H groups in total. The Kier molecular flexibility index (Phi) is 7.98. The lowest BCUT2D eigenvalue weighted by Gasteiger charge is -2.10. The highest BCUT2D eigenvalue weighted by Crippen LogP contribution is 2.23. The number of rotatable bonds is 9. The van der Waals surface area contributed by atoms with E-state index in [1.807, 2.05) is 0 Å². The van der Waals surface area contributed by atoms with Crippen molar-refractivity contribution in [2.45, 2.75) is 6.92 Å². The van der Waals surface area contributed by atoms with Crippen molar-refractivity contribution < 1.29 is 28.6 Å². The molecule has 0 aliphatic carbocycles. The summed E-state index contributed by atoms with van der Waals surface area (Å²) >= 11 is 0. The van der Waals surface area contributed by atoms with Gasteiger partial charge in [-0.05, 0) is 43.3 Å². The van der Waals surface area contributed by atoms with Gasteiger partial charge in [0.2, 0.25) is 0 Å². The highest BCUT2D eigenvalue weighted by Gasteiger charge is 2.11. The molecular weight excluding hydrogens is 364 g/mol. The van der Waals surface area contributed by atoms with Crippen LogP contribution >= 0.6 is 0 Å². The molecule has 0 aliphatic rings. The van der Waals surface area contributed by atoms with Crippen LogP contribution in [0.15, 0.2) is 48.5 Å².